The van der Waals surface area contributed by atoms with Crippen molar-refractivity contribution in [1.82, 2.24) is 19.7 Å². The molecule has 0 saturated heterocycles. The third-order valence-electron chi connectivity index (χ3n) is 4.71. The lowest BCUT2D eigenvalue weighted by Crippen LogP contribution is -2.25. The van der Waals surface area contributed by atoms with Crippen LogP contribution in [-0.2, 0) is 12.9 Å². The Labute approximate surface area is 182 Å². The van der Waals surface area contributed by atoms with Crippen molar-refractivity contribution in [2.75, 3.05) is 17.2 Å². The van der Waals surface area contributed by atoms with Gasteiger partial charge in [0.1, 0.15) is 11.3 Å². The predicted octanol–water partition coefficient (Wildman–Crippen LogP) is 3.41. The number of halogens is 2. The Morgan fingerprint density at radius 3 is 2.87 bits per heavy atom. The molecule has 2 aromatic carbocycles. The van der Waals surface area contributed by atoms with Gasteiger partial charge in [-0.3, -0.25) is 9.48 Å². The monoisotopic (exact) mass is 441 g/mol. The van der Waals surface area contributed by atoms with Crippen LogP contribution in [0.4, 0.5) is 15.8 Å². The molecule has 8 nitrogen and oxygen atoms in total. The van der Waals surface area contributed by atoms with Gasteiger partial charge in [0.15, 0.2) is 5.82 Å². The second kappa shape index (κ2) is 8.44. The molecule has 0 aliphatic heterocycles. The maximum atomic E-state index is 14.4. The highest BCUT2D eigenvalue weighted by molar-refractivity contribution is 6.17. The minimum Gasteiger partial charge on any atom is -0.383 e. The number of fused-ring (bicyclic) bond motifs is 2. The molecule has 0 saturated carbocycles. The van der Waals surface area contributed by atoms with Gasteiger partial charge in [0.05, 0.1) is 17.0 Å². The first-order valence-electron chi connectivity index (χ1n) is 9.64. The average Bonchev–Trinajstić information content (AvgIpc) is 3.12. The van der Waals surface area contributed by atoms with Gasteiger partial charge in [0.2, 0.25) is 0 Å². The van der Waals surface area contributed by atoms with Crippen LogP contribution in [0, 0.1) is 5.82 Å². The normalized spacial score (nSPS) is 12.3. The second-order valence-corrected chi connectivity index (χ2v) is 7.62. The molecule has 1 atom stereocenters. The standard InChI is InChI=1S/C21H21ClFN7O/c1-11(24)8-25-17-4-3-14(20-15(17)9-26-18(7-22)28-20)21(31)27-13-5-12-10-30(2)29-19(12)16(23)6-13/h3-6,9-11,25H,7-8,24H2,1-2H3,(H,27,31)/t11-/m1/s1. The van der Waals surface area contributed by atoms with Crippen LogP contribution in [0.3, 0.4) is 0 Å². The largest absolute Gasteiger partial charge is 0.383 e. The van der Waals surface area contributed by atoms with E-state index in [0.717, 1.165) is 5.69 Å². The SMILES string of the molecule is C[C@@H](N)CNc1ccc(C(=O)Nc2cc(F)c3nn(C)cc3c2)c2nc(CCl)ncc12. The zero-order chi connectivity index (χ0) is 22.1. The highest BCUT2D eigenvalue weighted by atomic mass is 35.5. The van der Waals surface area contributed by atoms with Crippen LogP contribution >= 0.6 is 11.6 Å². The topological polar surface area (TPSA) is 111 Å². The molecule has 2 aromatic heterocycles. The minimum absolute atomic E-state index is 0.0571. The first-order valence-corrected chi connectivity index (χ1v) is 10.2. The van der Waals surface area contributed by atoms with Crippen LogP contribution in [0.15, 0.2) is 36.7 Å². The van der Waals surface area contributed by atoms with E-state index in [4.69, 9.17) is 17.3 Å². The summed E-state index contributed by atoms with van der Waals surface area (Å²) < 4.78 is 15.9. The summed E-state index contributed by atoms with van der Waals surface area (Å²) in [5, 5.41) is 11.3. The summed E-state index contributed by atoms with van der Waals surface area (Å²) >= 11 is 5.90. The fourth-order valence-electron chi connectivity index (χ4n) is 3.31. The highest BCUT2D eigenvalue weighted by Gasteiger charge is 2.17. The average molecular weight is 442 g/mol. The molecule has 0 spiro atoms. The van der Waals surface area contributed by atoms with E-state index < -0.39 is 11.7 Å². The number of nitrogens with one attached hydrogen (secondary N) is 2. The van der Waals surface area contributed by atoms with E-state index in [1.54, 1.807) is 37.6 Å². The number of hydrogen-bond acceptors (Lipinski definition) is 6. The van der Waals surface area contributed by atoms with Crippen molar-refractivity contribution in [2.45, 2.75) is 18.8 Å². The van der Waals surface area contributed by atoms with Crippen molar-refractivity contribution in [2.24, 2.45) is 12.8 Å². The number of aromatic nitrogens is 4. The first-order chi connectivity index (χ1) is 14.9. The van der Waals surface area contributed by atoms with Crippen molar-refractivity contribution in [1.29, 1.82) is 0 Å². The summed E-state index contributed by atoms with van der Waals surface area (Å²) in [5.74, 6) is -0.432. The van der Waals surface area contributed by atoms with Gasteiger partial charge in [0.25, 0.3) is 5.91 Å². The summed E-state index contributed by atoms with van der Waals surface area (Å²) in [6.07, 6.45) is 3.31. The number of anilines is 2. The maximum Gasteiger partial charge on any atom is 0.257 e. The molecule has 0 radical (unpaired) electrons. The Balaban J connectivity index is 1.72. The molecule has 0 unspecified atom stereocenters. The number of nitrogens with two attached hydrogens (primary N) is 1. The molecule has 160 valence electrons. The van der Waals surface area contributed by atoms with Crippen LogP contribution in [0.25, 0.3) is 21.8 Å². The number of rotatable bonds is 6. The lowest BCUT2D eigenvalue weighted by Gasteiger charge is -2.14. The molecule has 4 N–H and O–H groups in total. The summed E-state index contributed by atoms with van der Waals surface area (Å²) in [6, 6.07) is 6.29. The van der Waals surface area contributed by atoms with Gasteiger partial charge in [-0.15, -0.1) is 11.6 Å². The van der Waals surface area contributed by atoms with E-state index in [-0.39, 0.29) is 17.4 Å². The second-order valence-electron chi connectivity index (χ2n) is 7.35. The number of carbonyl (C=O) groups excluding carboxylic acids is 1. The molecule has 31 heavy (non-hydrogen) atoms. The number of nitrogens with zero attached hydrogens (tertiary/aromatic N) is 4. The van der Waals surface area contributed by atoms with Gasteiger partial charge in [-0.1, -0.05) is 0 Å². The molecular weight excluding hydrogens is 421 g/mol. The molecule has 4 aromatic rings. The number of hydrogen-bond donors (Lipinski definition) is 3. The lowest BCUT2D eigenvalue weighted by molar-refractivity contribution is 0.102. The van der Waals surface area contributed by atoms with Crippen molar-refractivity contribution >= 4 is 50.7 Å². The summed E-state index contributed by atoms with van der Waals surface area (Å²) in [7, 11) is 1.71. The van der Waals surface area contributed by atoms with Crippen LogP contribution < -0.4 is 16.4 Å². The van der Waals surface area contributed by atoms with Crippen molar-refractivity contribution in [3.05, 3.63) is 53.9 Å². The number of carbonyl (C=O) groups is 1. The lowest BCUT2D eigenvalue weighted by atomic mass is 10.1. The van der Waals surface area contributed by atoms with Gasteiger partial charge in [-0.2, -0.15) is 5.10 Å². The smallest absolute Gasteiger partial charge is 0.257 e. The quantitative estimate of drug-likeness (QED) is 0.395. The van der Waals surface area contributed by atoms with E-state index in [0.29, 0.717) is 39.9 Å². The van der Waals surface area contributed by atoms with Crippen molar-refractivity contribution < 1.29 is 9.18 Å². The van der Waals surface area contributed by atoms with Crippen LogP contribution in [0.2, 0.25) is 0 Å². The van der Waals surface area contributed by atoms with E-state index in [1.165, 1.54) is 10.7 Å². The van der Waals surface area contributed by atoms with E-state index >= 15 is 0 Å². The van der Waals surface area contributed by atoms with Gasteiger partial charge in [-0.05, 0) is 31.2 Å². The van der Waals surface area contributed by atoms with Crippen molar-refractivity contribution in [3.63, 3.8) is 0 Å². The van der Waals surface area contributed by atoms with Gasteiger partial charge >= 0.3 is 0 Å². The third kappa shape index (κ3) is 4.28. The first kappa shape index (κ1) is 21.0. The van der Waals surface area contributed by atoms with Gasteiger partial charge < -0.3 is 16.4 Å². The number of amides is 1. The molecular formula is C21H21ClFN7O. The van der Waals surface area contributed by atoms with Gasteiger partial charge in [-0.25, -0.2) is 14.4 Å². The Hall–Kier alpha value is -3.30. The number of aryl methyl sites for hydroxylation is 1. The molecule has 2 heterocycles. The molecule has 4 rings (SSSR count). The van der Waals surface area contributed by atoms with E-state index in [2.05, 4.69) is 25.7 Å². The minimum atomic E-state index is -0.513. The van der Waals surface area contributed by atoms with E-state index in [9.17, 15) is 9.18 Å². The van der Waals surface area contributed by atoms with Gasteiger partial charge in [0, 0.05) is 54.2 Å². The third-order valence-corrected chi connectivity index (χ3v) is 4.95. The Morgan fingerprint density at radius 2 is 2.13 bits per heavy atom. The summed E-state index contributed by atoms with van der Waals surface area (Å²) in [5.41, 5.74) is 7.93. The van der Waals surface area contributed by atoms with Crippen LogP contribution in [-0.4, -0.2) is 38.2 Å². The Bertz CT molecular complexity index is 1290. The fourth-order valence-corrected chi connectivity index (χ4v) is 3.44. The molecule has 1 amide bonds. The molecule has 0 aliphatic carbocycles. The zero-order valence-corrected chi connectivity index (χ0v) is 17.7. The zero-order valence-electron chi connectivity index (χ0n) is 17.0. The molecule has 10 heteroatoms. The summed E-state index contributed by atoms with van der Waals surface area (Å²) in [6.45, 7) is 2.43. The molecule has 0 fully saturated rings. The maximum absolute atomic E-state index is 14.4. The summed E-state index contributed by atoms with van der Waals surface area (Å²) in [4.78, 5) is 21.8. The fraction of sp³-hybridized carbons (Fsp3) is 0.238. The van der Waals surface area contributed by atoms with Crippen molar-refractivity contribution in [3.8, 4) is 0 Å². The Morgan fingerprint density at radius 1 is 1.32 bits per heavy atom. The highest BCUT2D eigenvalue weighted by Crippen LogP contribution is 2.27. The van der Waals surface area contributed by atoms with Crippen LogP contribution in [0.1, 0.15) is 23.1 Å². The molecule has 0 aliphatic rings. The number of benzene rings is 2. The molecule has 0 bridgehead atoms. The number of alkyl halides is 1. The van der Waals surface area contributed by atoms with E-state index in [1.807, 2.05) is 6.92 Å². The van der Waals surface area contributed by atoms with Crippen LogP contribution in [0.5, 0.6) is 0 Å². The Kier molecular flexibility index (Phi) is 5.71. The predicted molar refractivity (Wildman–Crippen MR) is 120 cm³/mol.